The van der Waals surface area contributed by atoms with Crippen LogP contribution in [0.5, 0.6) is 0 Å². The first kappa shape index (κ1) is 14.3. The number of hydrogen-bond donors (Lipinski definition) is 0. The van der Waals surface area contributed by atoms with Gasteiger partial charge in [-0.3, -0.25) is 0 Å². The van der Waals surface area contributed by atoms with E-state index < -0.39 is 30.7 Å². The lowest BCUT2D eigenvalue weighted by Crippen LogP contribution is -2.21. The van der Waals surface area contributed by atoms with Crippen LogP contribution in [0.3, 0.4) is 0 Å². The molecule has 0 aromatic heterocycles. The summed E-state index contributed by atoms with van der Waals surface area (Å²) in [5.41, 5.74) is 0.556. The van der Waals surface area contributed by atoms with E-state index >= 15 is 0 Å². The topological polar surface area (TPSA) is 68.3 Å². The zero-order chi connectivity index (χ0) is 15.1. The molecule has 1 atom stereocenters. The van der Waals surface area contributed by atoms with E-state index in [1.165, 1.54) is 6.08 Å². The van der Waals surface area contributed by atoms with E-state index in [1.807, 2.05) is 30.3 Å². The highest BCUT2D eigenvalue weighted by atomic mass is 32.2. The highest BCUT2D eigenvalue weighted by molar-refractivity contribution is 7.97. The monoisotopic (exact) mass is 322 g/mol. The number of sulfone groups is 2. The molecule has 0 N–H and O–H groups in total. The molecule has 2 aromatic rings. The Hall–Kier alpha value is -1.66. The van der Waals surface area contributed by atoms with Crippen LogP contribution < -0.4 is 0 Å². The summed E-state index contributed by atoms with van der Waals surface area (Å²) in [4.78, 5) is 0. The zero-order valence-corrected chi connectivity index (χ0v) is 12.8. The molecule has 0 aliphatic carbocycles. The Labute approximate surface area is 123 Å². The van der Waals surface area contributed by atoms with Gasteiger partial charge in [0.2, 0.25) is 0 Å². The van der Waals surface area contributed by atoms with E-state index in [4.69, 9.17) is 0 Å². The van der Waals surface area contributed by atoms with Crippen LogP contribution in [0.25, 0.3) is 10.8 Å². The molecule has 110 valence electrons. The van der Waals surface area contributed by atoms with Crippen molar-refractivity contribution in [3.8, 4) is 0 Å². The van der Waals surface area contributed by atoms with Crippen molar-refractivity contribution in [1.82, 2.24) is 0 Å². The van der Waals surface area contributed by atoms with Crippen molar-refractivity contribution in [3.05, 3.63) is 59.5 Å². The zero-order valence-electron chi connectivity index (χ0n) is 11.1. The Balaban J connectivity index is 2.25. The van der Waals surface area contributed by atoms with Crippen LogP contribution in [0.1, 0.15) is 10.8 Å². The van der Waals surface area contributed by atoms with Gasteiger partial charge in [0, 0.05) is 5.41 Å². The van der Waals surface area contributed by atoms with Gasteiger partial charge in [-0.25, -0.2) is 16.8 Å². The minimum atomic E-state index is -3.54. The minimum absolute atomic E-state index is 0.250. The summed E-state index contributed by atoms with van der Waals surface area (Å²) in [5.74, 6) is -0.653. The van der Waals surface area contributed by atoms with Crippen LogP contribution in [-0.2, 0) is 19.7 Å². The molecule has 0 spiro atoms. The molecule has 1 aliphatic rings. The molecule has 1 aliphatic heterocycles. The maximum Gasteiger partial charge on any atom is 0.172 e. The van der Waals surface area contributed by atoms with E-state index in [0.29, 0.717) is 5.56 Å². The van der Waals surface area contributed by atoms with Crippen LogP contribution in [0, 0.1) is 0 Å². The summed E-state index contributed by atoms with van der Waals surface area (Å²) in [6, 6.07) is 12.7. The fraction of sp³-hybridized carbons (Fsp3) is 0.200. The first-order chi connectivity index (χ1) is 9.89. The second-order valence-corrected chi connectivity index (χ2v) is 9.25. The molecule has 4 nitrogen and oxygen atoms in total. The number of fused-ring (bicyclic) bond motifs is 1. The predicted octanol–water partition coefficient (Wildman–Crippen LogP) is 2.24. The van der Waals surface area contributed by atoms with E-state index in [0.717, 1.165) is 16.2 Å². The van der Waals surface area contributed by atoms with Gasteiger partial charge in [0.1, 0.15) is 5.25 Å². The Morgan fingerprint density at radius 1 is 0.905 bits per heavy atom. The molecule has 1 unspecified atom stereocenters. The molecule has 0 radical (unpaired) electrons. The third kappa shape index (κ3) is 2.73. The average Bonchev–Trinajstić information content (AvgIpc) is 2.54. The third-order valence-corrected chi connectivity index (χ3v) is 7.18. The lowest BCUT2D eigenvalue weighted by molar-refractivity contribution is 0.583. The molecule has 3 rings (SSSR count). The van der Waals surface area contributed by atoms with Crippen LogP contribution in [-0.4, -0.2) is 28.3 Å². The van der Waals surface area contributed by atoms with Crippen molar-refractivity contribution >= 4 is 30.4 Å². The summed E-state index contributed by atoms with van der Waals surface area (Å²) in [7, 11) is -7.06. The maximum atomic E-state index is 12.4. The molecule has 1 heterocycles. The van der Waals surface area contributed by atoms with Gasteiger partial charge < -0.3 is 0 Å². The highest BCUT2D eigenvalue weighted by Crippen LogP contribution is 2.32. The van der Waals surface area contributed by atoms with Crippen LogP contribution in [0.2, 0.25) is 0 Å². The van der Waals surface area contributed by atoms with E-state index in [9.17, 15) is 16.8 Å². The van der Waals surface area contributed by atoms with Crippen molar-refractivity contribution in [1.29, 1.82) is 0 Å². The Morgan fingerprint density at radius 2 is 1.62 bits per heavy atom. The smallest absolute Gasteiger partial charge is 0.172 e. The largest absolute Gasteiger partial charge is 0.228 e. The van der Waals surface area contributed by atoms with Gasteiger partial charge in [-0.1, -0.05) is 48.5 Å². The second kappa shape index (κ2) is 4.96. The molecular weight excluding hydrogens is 308 g/mol. The lowest BCUT2D eigenvalue weighted by atomic mass is 10.0. The van der Waals surface area contributed by atoms with Crippen LogP contribution >= 0.6 is 0 Å². The summed E-state index contributed by atoms with van der Waals surface area (Å²) in [6.07, 6.45) is 1.22. The van der Waals surface area contributed by atoms with Gasteiger partial charge >= 0.3 is 0 Å². The summed E-state index contributed by atoms with van der Waals surface area (Å²) < 4.78 is 48.7. The van der Waals surface area contributed by atoms with Gasteiger partial charge in [0.15, 0.2) is 19.7 Å². The minimum Gasteiger partial charge on any atom is -0.228 e. The molecular formula is C15H14O4S2. The van der Waals surface area contributed by atoms with Crippen molar-refractivity contribution < 1.29 is 16.8 Å². The van der Waals surface area contributed by atoms with Gasteiger partial charge in [0.25, 0.3) is 0 Å². The maximum absolute atomic E-state index is 12.4. The molecule has 6 heteroatoms. The number of benzene rings is 2. The number of hydrogen-bond acceptors (Lipinski definition) is 4. The molecule has 0 bridgehead atoms. The SMILES string of the molecule is O=S1(=O)C=CCS(=O)(=O)C(c2cccc3ccccc23)C1. The third-order valence-electron chi connectivity index (χ3n) is 3.62. The Kier molecular flexibility index (Phi) is 3.37. The summed E-state index contributed by atoms with van der Waals surface area (Å²) >= 11 is 0. The van der Waals surface area contributed by atoms with Gasteiger partial charge in [0.05, 0.1) is 11.5 Å². The molecule has 2 aromatic carbocycles. The van der Waals surface area contributed by atoms with Crippen LogP contribution in [0.4, 0.5) is 0 Å². The van der Waals surface area contributed by atoms with Crippen molar-refractivity contribution in [2.75, 3.05) is 11.5 Å². The fourth-order valence-electron chi connectivity index (χ4n) is 2.62. The first-order valence-corrected chi connectivity index (χ1v) is 9.91. The van der Waals surface area contributed by atoms with Crippen molar-refractivity contribution in [2.45, 2.75) is 5.25 Å². The average molecular weight is 322 g/mol. The van der Waals surface area contributed by atoms with Gasteiger partial charge in [-0.2, -0.15) is 0 Å². The molecule has 0 amide bonds. The van der Waals surface area contributed by atoms with E-state index in [2.05, 4.69) is 0 Å². The normalized spacial score (nSPS) is 23.7. The first-order valence-electron chi connectivity index (χ1n) is 6.48. The summed E-state index contributed by atoms with van der Waals surface area (Å²) in [6.45, 7) is 0. The number of rotatable bonds is 1. The van der Waals surface area contributed by atoms with Gasteiger partial charge in [-0.15, -0.1) is 0 Å². The molecule has 0 fully saturated rings. The molecule has 0 saturated heterocycles. The van der Waals surface area contributed by atoms with Crippen LogP contribution in [0.15, 0.2) is 53.9 Å². The highest BCUT2D eigenvalue weighted by Gasteiger charge is 2.33. The van der Waals surface area contributed by atoms with E-state index in [-0.39, 0.29) is 5.75 Å². The Morgan fingerprint density at radius 3 is 2.43 bits per heavy atom. The van der Waals surface area contributed by atoms with E-state index in [1.54, 1.807) is 12.1 Å². The van der Waals surface area contributed by atoms with Gasteiger partial charge in [-0.05, 0) is 16.3 Å². The quantitative estimate of drug-likeness (QED) is 0.807. The molecule has 21 heavy (non-hydrogen) atoms. The molecule has 0 saturated carbocycles. The lowest BCUT2D eigenvalue weighted by Gasteiger charge is -2.17. The Bertz CT molecular complexity index is 920. The second-order valence-electron chi connectivity index (χ2n) is 5.09. The summed E-state index contributed by atoms with van der Waals surface area (Å²) in [5, 5.41) is 1.67. The van der Waals surface area contributed by atoms with Crippen molar-refractivity contribution in [2.24, 2.45) is 0 Å². The van der Waals surface area contributed by atoms with Crippen molar-refractivity contribution in [3.63, 3.8) is 0 Å². The fourth-order valence-corrected chi connectivity index (χ4v) is 6.43. The standard InChI is InChI=1S/C15H14O4S2/c16-20(17)9-4-10-21(18,19)15(11-20)14-8-3-6-12-5-1-2-7-13(12)14/h1-9,15H,10-11H2. The predicted molar refractivity (Wildman–Crippen MR) is 83.4 cm³/mol.